The van der Waals surface area contributed by atoms with Gasteiger partial charge in [0.25, 0.3) is 0 Å². The Labute approximate surface area is 127 Å². The van der Waals surface area contributed by atoms with Gasteiger partial charge in [0.2, 0.25) is 0 Å². The van der Waals surface area contributed by atoms with Gasteiger partial charge in [-0.1, -0.05) is 67.6 Å². The second kappa shape index (κ2) is 6.00. The summed E-state index contributed by atoms with van der Waals surface area (Å²) >= 11 is 0. The molecule has 0 aliphatic carbocycles. The van der Waals surface area contributed by atoms with Gasteiger partial charge in [-0.05, 0) is 24.6 Å². The lowest BCUT2D eigenvalue weighted by Gasteiger charge is -2.46. The highest BCUT2D eigenvalue weighted by molar-refractivity contribution is 5.25. The van der Waals surface area contributed by atoms with E-state index < -0.39 is 0 Å². The molecule has 1 saturated heterocycles. The second-order valence-corrected chi connectivity index (χ2v) is 6.11. The van der Waals surface area contributed by atoms with Gasteiger partial charge in [-0.2, -0.15) is 0 Å². The number of piperidine rings is 1. The lowest BCUT2D eigenvalue weighted by molar-refractivity contribution is -0.0328. The van der Waals surface area contributed by atoms with Crippen molar-refractivity contribution in [2.45, 2.75) is 31.5 Å². The fourth-order valence-electron chi connectivity index (χ4n) is 3.62. The van der Waals surface area contributed by atoms with E-state index in [1.54, 1.807) is 0 Å². The van der Waals surface area contributed by atoms with E-state index in [0.717, 1.165) is 6.42 Å². The third kappa shape index (κ3) is 2.74. The smallest absolute Gasteiger partial charge is 0.0602 e. The van der Waals surface area contributed by atoms with Crippen LogP contribution in [0.15, 0.2) is 60.7 Å². The first-order valence-electron chi connectivity index (χ1n) is 7.68. The molecule has 0 saturated carbocycles. The maximum absolute atomic E-state index is 10.5. The summed E-state index contributed by atoms with van der Waals surface area (Å²) in [5, 5.41) is 10.5. The highest BCUT2D eigenvalue weighted by Crippen LogP contribution is 2.43. The van der Waals surface area contributed by atoms with E-state index in [0.29, 0.717) is 0 Å². The third-order valence-electron chi connectivity index (χ3n) is 4.83. The molecule has 1 heterocycles. The van der Waals surface area contributed by atoms with Crippen LogP contribution in [0.2, 0.25) is 0 Å². The topological polar surface area (TPSA) is 23.5 Å². The van der Waals surface area contributed by atoms with Crippen LogP contribution in [0.5, 0.6) is 0 Å². The summed E-state index contributed by atoms with van der Waals surface area (Å²) in [6.45, 7) is 2.15. The number of hydrogen-bond donors (Lipinski definition) is 1. The molecule has 0 aromatic heterocycles. The summed E-state index contributed by atoms with van der Waals surface area (Å²) in [6.07, 6.45) is 0.530. The van der Waals surface area contributed by atoms with E-state index in [4.69, 9.17) is 0 Å². The van der Waals surface area contributed by atoms with Crippen LogP contribution in [-0.4, -0.2) is 23.2 Å². The van der Waals surface area contributed by atoms with Crippen molar-refractivity contribution >= 4 is 0 Å². The molecule has 110 valence electrons. The van der Waals surface area contributed by atoms with Crippen LogP contribution < -0.4 is 0 Å². The predicted molar refractivity (Wildman–Crippen MR) is 85.9 cm³/mol. The van der Waals surface area contributed by atoms with Crippen LogP contribution in [0.3, 0.4) is 0 Å². The molecule has 2 heteroatoms. The van der Waals surface area contributed by atoms with Crippen LogP contribution >= 0.6 is 0 Å². The van der Waals surface area contributed by atoms with Gasteiger partial charge in [-0.15, -0.1) is 0 Å². The molecular weight excluding hydrogens is 258 g/mol. The van der Waals surface area contributed by atoms with Gasteiger partial charge in [0.1, 0.15) is 0 Å². The number of nitrogens with zero attached hydrogens (tertiary/aromatic N) is 1. The Hall–Kier alpha value is -1.64. The molecule has 1 N–H and O–H groups in total. The van der Waals surface area contributed by atoms with E-state index in [2.05, 4.69) is 67.4 Å². The standard InChI is InChI=1S/C19H23NO/c1-14-18(21)13-17(15-9-5-3-6-10-15)20(2)19(14)16-11-7-4-8-12-16/h3-12,14,17-19,21H,13H2,1-2H3/t14-,17-,18-,19-/m1/s1. The molecule has 21 heavy (non-hydrogen) atoms. The summed E-state index contributed by atoms with van der Waals surface area (Å²) in [4.78, 5) is 2.42. The fourth-order valence-corrected chi connectivity index (χ4v) is 3.62. The van der Waals surface area contributed by atoms with Gasteiger partial charge >= 0.3 is 0 Å². The zero-order chi connectivity index (χ0) is 14.8. The summed E-state index contributed by atoms with van der Waals surface area (Å²) < 4.78 is 0. The van der Waals surface area contributed by atoms with E-state index in [9.17, 15) is 5.11 Å². The average molecular weight is 281 g/mol. The largest absolute Gasteiger partial charge is 0.393 e. The minimum Gasteiger partial charge on any atom is -0.393 e. The van der Waals surface area contributed by atoms with Crippen molar-refractivity contribution in [1.82, 2.24) is 4.90 Å². The molecule has 0 radical (unpaired) electrons. The Morgan fingerprint density at radius 2 is 1.43 bits per heavy atom. The van der Waals surface area contributed by atoms with Crippen LogP contribution in [-0.2, 0) is 0 Å². The zero-order valence-electron chi connectivity index (χ0n) is 12.7. The van der Waals surface area contributed by atoms with Gasteiger partial charge in [-0.25, -0.2) is 0 Å². The molecule has 1 aliphatic heterocycles. The van der Waals surface area contributed by atoms with Crippen LogP contribution in [0.1, 0.15) is 36.6 Å². The number of rotatable bonds is 2. The minimum atomic E-state index is -0.267. The fraction of sp³-hybridized carbons (Fsp3) is 0.368. The van der Waals surface area contributed by atoms with Crippen molar-refractivity contribution in [3.8, 4) is 0 Å². The van der Waals surface area contributed by atoms with E-state index >= 15 is 0 Å². The normalized spacial score (nSPS) is 30.2. The SMILES string of the molecule is C[C@@H]1[C@H](O)C[C@H](c2ccccc2)N(C)[C@H]1c1ccccc1. The first-order valence-corrected chi connectivity index (χ1v) is 7.68. The zero-order valence-corrected chi connectivity index (χ0v) is 12.7. The molecule has 2 nitrogen and oxygen atoms in total. The van der Waals surface area contributed by atoms with Crippen molar-refractivity contribution in [3.63, 3.8) is 0 Å². The highest BCUT2D eigenvalue weighted by Gasteiger charge is 2.39. The second-order valence-electron chi connectivity index (χ2n) is 6.11. The quantitative estimate of drug-likeness (QED) is 0.905. The van der Waals surface area contributed by atoms with Crippen LogP contribution in [0, 0.1) is 5.92 Å². The van der Waals surface area contributed by atoms with Crippen molar-refractivity contribution in [3.05, 3.63) is 71.8 Å². The first kappa shape index (κ1) is 14.3. The number of hydrogen-bond acceptors (Lipinski definition) is 2. The minimum absolute atomic E-state index is 0.234. The molecular formula is C19H23NO. The van der Waals surface area contributed by atoms with Gasteiger partial charge in [0.05, 0.1) is 6.10 Å². The van der Waals surface area contributed by atoms with Gasteiger partial charge in [0, 0.05) is 18.0 Å². The molecule has 3 rings (SSSR count). The number of likely N-dealkylation sites (tertiary alicyclic amines) is 1. The summed E-state index contributed by atoms with van der Waals surface area (Å²) in [5.74, 6) is 0.234. The van der Waals surface area contributed by atoms with E-state index in [1.165, 1.54) is 11.1 Å². The maximum atomic E-state index is 10.5. The van der Waals surface area contributed by atoms with Crippen LogP contribution in [0.4, 0.5) is 0 Å². The summed E-state index contributed by atoms with van der Waals surface area (Å²) in [6, 6.07) is 21.6. The maximum Gasteiger partial charge on any atom is 0.0602 e. The molecule has 1 fully saturated rings. The number of aliphatic hydroxyl groups is 1. The van der Waals surface area contributed by atoms with Gasteiger partial charge in [-0.3, -0.25) is 4.90 Å². The van der Waals surface area contributed by atoms with E-state index in [1.807, 2.05) is 12.1 Å². The molecule has 1 aliphatic rings. The monoisotopic (exact) mass is 281 g/mol. The van der Waals surface area contributed by atoms with Crippen LogP contribution in [0.25, 0.3) is 0 Å². The number of benzene rings is 2. The molecule has 2 aromatic rings. The molecule has 0 unspecified atom stereocenters. The molecule has 4 atom stereocenters. The third-order valence-corrected chi connectivity index (χ3v) is 4.83. The highest BCUT2D eigenvalue weighted by atomic mass is 16.3. The average Bonchev–Trinajstić information content (AvgIpc) is 2.53. The lowest BCUT2D eigenvalue weighted by atomic mass is 9.79. The molecule has 2 aromatic carbocycles. The van der Waals surface area contributed by atoms with Crippen molar-refractivity contribution < 1.29 is 5.11 Å². The van der Waals surface area contributed by atoms with Crippen molar-refractivity contribution in [2.24, 2.45) is 5.92 Å². The Morgan fingerprint density at radius 3 is 2.00 bits per heavy atom. The lowest BCUT2D eigenvalue weighted by Crippen LogP contribution is -2.44. The predicted octanol–water partition coefficient (Wildman–Crippen LogP) is 3.80. The summed E-state index contributed by atoms with van der Waals surface area (Å²) in [7, 11) is 2.18. The molecule has 0 amide bonds. The first-order chi connectivity index (χ1) is 10.2. The Morgan fingerprint density at radius 1 is 0.905 bits per heavy atom. The Balaban J connectivity index is 1.96. The van der Waals surface area contributed by atoms with Gasteiger partial charge in [0.15, 0.2) is 0 Å². The number of aliphatic hydroxyl groups excluding tert-OH is 1. The van der Waals surface area contributed by atoms with Gasteiger partial charge < -0.3 is 5.11 Å². The Kier molecular flexibility index (Phi) is 4.09. The molecule has 0 bridgehead atoms. The summed E-state index contributed by atoms with van der Waals surface area (Å²) in [5.41, 5.74) is 2.57. The Bertz CT molecular complexity index is 569. The van der Waals surface area contributed by atoms with E-state index in [-0.39, 0.29) is 24.1 Å². The molecule has 0 spiro atoms. The van der Waals surface area contributed by atoms with Crippen molar-refractivity contribution in [1.29, 1.82) is 0 Å². The van der Waals surface area contributed by atoms with Crippen molar-refractivity contribution in [2.75, 3.05) is 7.05 Å².